The number of fused-ring (bicyclic) bond motifs is 2. The summed E-state index contributed by atoms with van der Waals surface area (Å²) in [5.74, 6) is 3.23. The topological polar surface area (TPSA) is 27.7 Å². The van der Waals surface area contributed by atoms with E-state index in [0.717, 1.165) is 30.1 Å². The van der Waals surface area contributed by atoms with Crippen molar-refractivity contribution < 1.29 is 14.2 Å². The van der Waals surface area contributed by atoms with Crippen molar-refractivity contribution in [2.45, 2.75) is 104 Å². The van der Waals surface area contributed by atoms with Crippen molar-refractivity contribution in [3.63, 3.8) is 0 Å². The van der Waals surface area contributed by atoms with Crippen molar-refractivity contribution in [2.75, 3.05) is 21.0 Å². The van der Waals surface area contributed by atoms with E-state index in [0.29, 0.717) is 17.6 Å². The second-order valence-electron chi connectivity index (χ2n) is 12.3. The van der Waals surface area contributed by atoms with Crippen LogP contribution in [0.1, 0.15) is 91.9 Å². The molecule has 0 heterocycles. The Labute approximate surface area is 197 Å². The lowest BCUT2D eigenvalue weighted by atomic mass is 9.60. The third-order valence-corrected chi connectivity index (χ3v) is 9.93. The molecule has 0 spiro atoms. The van der Waals surface area contributed by atoms with E-state index >= 15 is 0 Å². The molecule has 4 aliphatic carbocycles. The maximum Gasteiger partial charge on any atom is 0.147 e. The Hall–Kier alpha value is -0.640. The van der Waals surface area contributed by atoms with Gasteiger partial charge in [-0.25, -0.2) is 0 Å². The smallest absolute Gasteiger partial charge is 0.147 e. The molecule has 0 aromatic carbocycles. The molecule has 0 saturated heterocycles. The van der Waals surface area contributed by atoms with Crippen molar-refractivity contribution in [2.24, 2.45) is 34.5 Å². The molecule has 3 fully saturated rings. The van der Waals surface area contributed by atoms with E-state index in [1.165, 1.54) is 57.8 Å². The fourth-order valence-electron chi connectivity index (χ4n) is 7.96. The minimum atomic E-state index is -0.0947. The van der Waals surface area contributed by atoms with Gasteiger partial charge in [-0.05, 0) is 94.3 Å². The predicted molar refractivity (Wildman–Crippen MR) is 131 cm³/mol. The van der Waals surface area contributed by atoms with E-state index in [2.05, 4.69) is 45.9 Å². The van der Waals surface area contributed by atoms with Gasteiger partial charge in [0.25, 0.3) is 0 Å². The summed E-state index contributed by atoms with van der Waals surface area (Å²) in [7, 11) is 3.63. The van der Waals surface area contributed by atoms with Crippen LogP contribution in [0.5, 0.6) is 0 Å². The Bertz CT molecular complexity index is 709. The zero-order valence-electron chi connectivity index (χ0n) is 21.6. The highest BCUT2D eigenvalue weighted by Crippen LogP contribution is 2.64. The first-order chi connectivity index (χ1) is 15.3. The number of methoxy groups -OCH3 is 2. The lowest BCUT2D eigenvalue weighted by molar-refractivity contribution is -0.118. The van der Waals surface area contributed by atoms with Crippen LogP contribution >= 0.6 is 0 Å². The van der Waals surface area contributed by atoms with Gasteiger partial charge in [-0.1, -0.05) is 50.5 Å². The summed E-state index contributed by atoms with van der Waals surface area (Å²) < 4.78 is 17.1. The van der Waals surface area contributed by atoms with Gasteiger partial charge < -0.3 is 14.2 Å². The molecular weight excluding hydrogens is 396 g/mol. The van der Waals surface area contributed by atoms with E-state index in [1.54, 1.807) is 12.7 Å². The predicted octanol–water partition coefficient (Wildman–Crippen LogP) is 7.32. The fraction of sp³-hybridized carbons (Fsp3) is 0.862. The minimum absolute atomic E-state index is 0.0947. The average molecular weight is 445 g/mol. The van der Waals surface area contributed by atoms with Crippen LogP contribution in [-0.4, -0.2) is 32.7 Å². The van der Waals surface area contributed by atoms with Crippen LogP contribution in [0.4, 0.5) is 0 Å². The molecule has 0 radical (unpaired) electrons. The highest BCUT2D eigenvalue weighted by atomic mass is 16.7. The Morgan fingerprint density at radius 1 is 1.25 bits per heavy atom. The zero-order valence-corrected chi connectivity index (χ0v) is 21.6. The third kappa shape index (κ3) is 4.64. The van der Waals surface area contributed by atoms with Crippen LogP contribution in [-0.2, 0) is 14.2 Å². The quantitative estimate of drug-likeness (QED) is 0.247. The molecule has 182 valence electrons. The van der Waals surface area contributed by atoms with Gasteiger partial charge in [-0.15, -0.1) is 0 Å². The molecule has 7 atom stereocenters. The van der Waals surface area contributed by atoms with E-state index in [1.807, 2.05) is 7.11 Å². The average Bonchev–Trinajstić information content (AvgIpc) is 3.12. The number of hydrogen-bond donors (Lipinski definition) is 0. The summed E-state index contributed by atoms with van der Waals surface area (Å²) in [4.78, 5) is 0. The molecule has 0 aromatic heterocycles. The molecule has 3 heteroatoms. The summed E-state index contributed by atoms with van der Waals surface area (Å²) in [6.07, 6.45) is 20.8. The number of hydrogen-bond acceptors (Lipinski definition) is 3. The monoisotopic (exact) mass is 444 g/mol. The minimum Gasteiger partial charge on any atom is -0.376 e. The van der Waals surface area contributed by atoms with Gasteiger partial charge in [-0.2, -0.15) is 0 Å². The highest BCUT2D eigenvalue weighted by molar-refractivity contribution is 5.31. The lowest BCUT2D eigenvalue weighted by Gasteiger charge is -2.45. The lowest BCUT2D eigenvalue weighted by Crippen LogP contribution is -2.36. The molecule has 4 rings (SSSR count). The van der Waals surface area contributed by atoms with E-state index < -0.39 is 0 Å². The van der Waals surface area contributed by atoms with Crippen LogP contribution in [0.25, 0.3) is 0 Å². The van der Waals surface area contributed by atoms with Crippen molar-refractivity contribution in [3.8, 4) is 0 Å². The van der Waals surface area contributed by atoms with Crippen molar-refractivity contribution in [1.29, 1.82) is 0 Å². The third-order valence-electron chi connectivity index (χ3n) is 9.93. The van der Waals surface area contributed by atoms with Gasteiger partial charge in [-0.3, -0.25) is 0 Å². The largest absolute Gasteiger partial charge is 0.376 e. The van der Waals surface area contributed by atoms with Crippen LogP contribution in [0, 0.1) is 34.5 Å². The highest BCUT2D eigenvalue weighted by Gasteiger charge is 2.59. The van der Waals surface area contributed by atoms with Gasteiger partial charge >= 0.3 is 0 Å². The van der Waals surface area contributed by atoms with E-state index in [4.69, 9.17) is 14.2 Å². The fourth-order valence-corrected chi connectivity index (χ4v) is 7.96. The van der Waals surface area contributed by atoms with Crippen LogP contribution in [0.15, 0.2) is 23.8 Å². The van der Waals surface area contributed by atoms with Crippen molar-refractivity contribution in [3.05, 3.63) is 23.8 Å². The summed E-state index contributed by atoms with van der Waals surface area (Å²) in [5.41, 5.74) is 2.44. The first-order valence-electron chi connectivity index (χ1n) is 13.3. The summed E-state index contributed by atoms with van der Waals surface area (Å²) in [6.45, 7) is 9.92. The molecule has 3 nitrogen and oxygen atoms in total. The van der Waals surface area contributed by atoms with Gasteiger partial charge in [0.1, 0.15) is 6.79 Å². The number of rotatable bonds is 11. The van der Waals surface area contributed by atoms with Crippen LogP contribution in [0.3, 0.4) is 0 Å². The molecule has 4 aliphatic rings. The van der Waals surface area contributed by atoms with Gasteiger partial charge in [0.2, 0.25) is 0 Å². The first kappa shape index (κ1) is 24.5. The Morgan fingerprint density at radius 2 is 2.06 bits per heavy atom. The van der Waals surface area contributed by atoms with Crippen molar-refractivity contribution >= 4 is 0 Å². The second-order valence-corrected chi connectivity index (χ2v) is 12.3. The standard InChI is InChI=1S/C29H48O3/c1-21(10-7-15-27(2,3)32-20-30-5)24-13-14-25-22(11-8-16-28(24,25)4)18-26(31-6)29-17-9-12-23(29)19-29/h9,17-18,21,23-26H,7-8,10-16,19-20H2,1-6H3/b22-18+/t21-,23-,24-,25+,26-,28-,29-/m1/s1. The van der Waals surface area contributed by atoms with E-state index in [-0.39, 0.29) is 11.7 Å². The summed E-state index contributed by atoms with van der Waals surface area (Å²) in [5, 5.41) is 0. The maximum atomic E-state index is 6.10. The maximum absolute atomic E-state index is 6.10. The normalized spacial score (nSPS) is 39.2. The number of allylic oxidation sites excluding steroid dienone is 2. The Kier molecular flexibility index (Phi) is 7.30. The van der Waals surface area contributed by atoms with Gasteiger partial charge in [0.05, 0.1) is 11.7 Å². The van der Waals surface area contributed by atoms with E-state index in [9.17, 15) is 0 Å². The zero-order chi connectivity index (χ0) is 23.0. The van der Waals surface area contributed by atoms with Crippen LogP contribution < -0.4 is 0 Å². The van der Waals surface area contributed by atoms with Gasteiger partial charge in [0.15, 0.2) is 0 Å². The molecule has 0 unspecified atom stereocenters. The van der Waals surface area contributed by atoms with Gasteiger partial charge in [0, 0.05) is 19.6 Å². The first-order valence-corrected chi connectivity index (χ1v) is 13.3. The van der Waals surface area contributed by atoms with Crippen LogP contribution in [0.2, 0.25) is 0 Å². The Morgan fingerprint density at radius 3 is 2.72 bits per heavy atom. The SMILES string of the molecule is COCOC(C)(C)CCC[C@@H](C)[C@H]1CC[C@H]2/C(=C/[C@@H](OC)[C@@]34C=CC[C@@H]3C4)CCC[C@]12C. The molecule has 0 amide bonds. The van der Waals surface area contributed by atoms with Crippen molar-refractivity contribution in [1.82, 2.24) is 0 Å². The second kappa shape index (κ2) is 9.55. The molecule has 3 saturated carbocycles. The molecular formula is C29H48O3. The summed E-state index contributed by atoms with van der Waals surface area (Å²) in [6, 6.07) is 0. The number of ether oxygens (including phenoxy) is 3. The molecule has 0 bridgehead atoms. The molecule has 0 N–H and O–H groups in total. The molecule has 32 heavy (non-hydrogen) atoms. The molecule has 0 aromatic rings. The summed E-state index contributed by atoms with van der Waals surface area (Å²) >= 11 is 0. The Balaban J connectivity index is 1.38. The molecule has 0 aliphatic heterocycles.